The van der Waals surface area contributed by atoms with E-state index >= 15 is 0 Å². The molecular weight excluding hydrogens is 210 g/mol. The Hall–Kier alpha value is -0.0800. The second kappa shape index (κ2) is 7.38. The van der Waals surface area contributed by atoms with Crippen LogP contribution in [0.25, 0.3) is 0 Å². The molecule has 0 aromatic carbocycles. The van der Waals surface area contributed by atoms with E-state index in [1.165, 1.54) is 19.3 Å². The molecule has 0 spiro atoms. The van der Waals surface area contributed by atoms with E-state index in [1.54, 1.807) is 0 Å². The highest BCUT2D eigenvalue weighted by atomic mass is 16.5. The molecule has 1 N–H and O–H groups in total. The van der Waals surface area contributed by atoms with Gasteiger partial charge < -0.3 is 10.1 Å². The van der Waals surface area contributed by atoms with Gasteiger partial charge in [-0.15, -0.1) is 0 Å². The summed E-state index contributed by atoms with van der Waals surface area (Å²) in [6, 6.07) is 0.549. The normalized spacial score (nSPS) is 31.8. The lowest BCUT2D eigenvalue weighted by molar-refractivity contribution is 0.0354. The Labute approximate surface area is 108 Å². The SMILES string of the molecule is CCNC(COC(C)C)C1CC(C)CC(C)C1. The molecule has 17 heavy (non-hydrogen) atoms. The molecule has 0 radical (unpaired) electrons. The Balaban J connectivity index is 2.49. The van der Waals surface area contributed by atoms with Crippen molar-refractivity contribution in [1.82, 2.24) is 5.32 Å². The van der Waals surface area contributed by atoms with Gasteiger partial charge in [0.05, 0.1) is 12.7 Å². The average Bonchev–Trinajstić information content (AvgIpc) is 2.22. The third-order valence-corrected chi connectivity index (χ3v) is 3.86. The lowest BCUT2D eigenvalue weighted by atomic mass is 9.74. The molecule has 1 aliphatic rings. The Bertz CT molecular complexity index is 195. The van der Waals surface area contributed by atoms with Crippen molar-refractivity contribution in [3.05, 3.63) is 0 Å². The second-order valence-corrected chi connectivity index (χ2v) is 6.22. The van der Waals surface area contributed by atoms with Crippen LogP contribution in [0.3, 0.4) is 0 Å². The number of nitrogens with one attached hydrogen (secondary N) is 1. The number of hydrogen-bond acceptors (Lipinski definition) is 2. The summed E-state index contributed by atoms with van der Waals surface area (Å²) in [5, 5.41) is 3.62. The third-order valence-electron chi connectivity index (χ3n) is 3.86. The molecular formula is C15H31NO. The highest BCUT2D eigenvalue weighted by Gasteiger charge is 2.29. The Morgan fingerprint density at radius 1 is 1.12 bits per heavy atom. The monoisotopic (exact) mass is 241 g/mol. The quantitative estimate of drug-likeness (QED) is 0.769. The first kappa shape index (κ1) is 15.0. The van der Waals surface area contributed by atoms with Gasteiger partial charge in [0.15, 0.2) is 0 Å². The molecule has 1 fully saturated rings. The molecule has 1 rings (SSSR count). The van der Waals surface area contributed by atoms with Gasteiger partial charge in [0, 0.05) is 6.04 Å². The average molecular weight is 241 g/mol. The summed E-state index contributed by atoms with van der Waals surface area (Å²) in [5.74, 6) is 2.56. The molecule has 0 aromatic rings. The minimum atomic E-state index is 0.342. The first-order valence-electron chi connectivity index (χ1n) is 7.37. The molecule has 1 aliphatic carbocycles. The lowest BCUT2D eigenvalue weighted by Gasteiger charge is -2.37. The number of hydrogen-bond donors (Lipinski definition) is 1. The summed E-state index contributed by atoms with van der Waals surface area (Å²) in [7, 11) is 0. The van der Waals surface area contributed by atoms with Gasteiger partial charge in [0.2, 0.25) is 0 Å². The maximum atomic E-state index is 5.82. The minimum absolute atomic E-state index is 0.342. The van der Waals surface area contributed by atoms with Crippen molar-refractivity contribution in [2.24, 2.45) is 17.8 Å². The molecule has 102 valence electrons. The topological polar surface area (TPSA) is 21.3 Å². The van der Waals surface area contributed by atoms with E-state index in [0.29, 0.717) is 12.1 Å². The molecule has 0 saturated heterocycles. The van der Waals surface area contributed by atoms with Gasteiger partial charge in [0.25, 0.3) is 0 Å². The minimum Gasteiger partial charge on any atom is -0.377 e. The molecule has 0 aliphatic heterocycles. The molecule has 2 heteroatoms. The van der Waals surface area contributed by atoms with Crippen LogP contribution in [0.15, 0.2) is 0 Å². The highest BCUT2D eigenvalue weighted by Crippen LogP contribution is 2.34. The molecule has 0 amide bonds. The fraction of sp³-hybridized carbons (Fsp3) is 1.00. The Kier molecular flexibility index (Phi) is 6.50. The number of likely N-dealkylation sites (N-methyl/N-ethyl adjacent to an activating group) is 1. The molecule has 0 aromatic heterocycles. The van der Waals surface area contributed by atoms with Crippen LogP contribution in [0.4, 0.5) is 0 Å². The molecule has 1 saturated carbocycles. The van der Waals surface area contributed by atoms with Crippen molar-refractivity contribution in [2.75, 3.05) is 13.2 Å². The number of rotatable bonds is 6. The van der Waals surface area contributed by atoms with Crippen LogP contribution in [0.2, 0.25) is 0 Å². The molecule has 0 bridgehead atoms. The fourth-order valence-corrected chi connectivity index (χ4v) is 3.26. The van der Waals surface area contributed by atoms with E-state index in [0.717, 1.165) is 30.9 Å². The van der Waals surface area contributed by atoms with Gasteiger partial charge in [-0.2, -0.15) is 0 Å². The van der Waals surface area contributed by atoms with E-state index in [-0.39, 0.29) is 0 Å². The van der Waals surface area contributed by atoms with Crippen LogP contribution in [0.1, 0.15) is 53.9 Å². The van der Waals surface area contributed by atoms with Crippen molar-refractivity contribution in [3.63, 3.8) is 0 Å². The third kappa shape index (κ3) is 5.39. The van der Waals surface area contributed by atoms with Crippen LogP contribution in [0.5, 0.6) is 0 Å². The van der Waals surface area contributed by atoms with E-state index in [2.05, 4.69) is 39.9 Å². The van der Waals surface area contributed by atoms with Crippen molar-refractivity contribution in [2.45, 2.75) is 66.0 Å². The fourth-order valence-electron chi connectivity index (χ4n) is 3.26. The van der Waals surface area contributed by atoms with Crippen molar-refractivity contribution < 1.29 is 4.74 Å². The zero-order valence-electron chi connectivity index (χ0n) is 12.3. The van der Waals surface area contributed by atoms with E-state index in [9.17, 15) is 0 Å². The standard InChI is InChI=1S/C15H31NO/c1-6-16-15(10-17-11(2)3)14-8-12(4)7-13(5)9-14/h11-16H,6-10H2,1-5H3. The predicted molar refractivity (Wildman–Crippen MR) is 74.2 cm³/mol. The van der Waals surface area contributed by atoms with Gasteiger partial charge in [-0.1, -0.05) is 20.8 Å². The zero-order valence-corrected chi connectivity index (χ0v) is 12.3. The van der Waals surface area contributed by atoms with Crippen molar-refractivity contribution in [3.8, 4) is 0 Å². The highest BCUT2D eigenvalue weighted by molar-refractivity contribution is 4.83. The van der Waals surface area contributed by atoms with Gasteiger partial charge >= 0.3 is 0 Å². The molecule has 2 nitrogen and oxygen atoms in total. The summed E-state index contributed by atoms with van der Waals surface area (Å²) in [5.41, 5.74) is 0. The summed E-state index contributed by atoms with van der Waals surface area (Å²) < 4.78 is 5.82. The lowest BCUT2D eigenvalue weighted by Crippen LogP contribution is -2.43. The first-order valence-corrected chi connectivity index (χ1v) is 7.37. The van der Waals surface area contributed by atoms with Gasteiger partial charge in [0.1, 0.15) is 0 Å². The molecule has 3 atom stereocenters. The van der Waals surface area contributed by atoms with Crippen LogP contribution in [0, 0.1) is 17.8 Å². The second-order valence-electron chi connectivity index (χ2n) is 6.22. The zero-order chi connectivity index (χ0) is 12.8. The van der Waals surface area contributed by atoms with Crippen LogP contribution in [-0.4, -0.2) is 25.3 Å². The maximum absolute atomic E-state index is 5.82. The van der Waals surface area contributed by atoms with Crippen molar-refractivity contribution in [1.29, 1.82) is 0 Å². The largest absolute Gasteiger partial charge is 0.377 e. The van der Waals surface area contributed by atoms with Crippen LogP contribution >= 0.6 is 0 Å². The van der Waals surface area contributed by atoms with E-state index in [1.807, 2.05) is 0 Å². The summed E-state index contributed by atoms with van der Waals surface area (Å²) in [6.07, 6.45) is 4.47. The summed E-state index contributed by atoms with van der Waals surface area (Å²) in [4.78, 5) is 0. The van der Waals surface area contributed by atoms with E-state index in [4.69, 9.17) is 4.74 Å². The maximum Gasteiger partial charge on any atom is 0.0625 e. The van der Waals surface area contributed by atoms with Gasteiger partial charge in [-0.3, -0.25) is 0 Å². The predicted octanol–water partition coefficient (Wildman–Crippen LogP) is 3.46. The van der Waals surface area contributed by atoms with Gasteiger partial charge in [-0.25, -0.2) is 0 Å². The van der Waals surface area contributed by atoms with Gasteiger partial charge in [-0.05, 0) is 57.4 Å². The first-order chi connectivity index (χ1) is 8.02. The van der Waals surface area contributed by atoms with E-state index < -0.39 is 0 Å². The van der Waals surface area contributed by atoms with Crippen LogP contribution in [-0.2, 0) is 4.74 Å². The van der Waals surface area contributed by atoms with Crippen molar-refractivity contribution >= 4 is 0 Å². The van der Waals surface area contributed by atoms with Crippen LogP contribution < -0.4 is 5.32 Å². The molecule has 3 unspecified atom stereocenters. The Morgan fingerprint density at radius 3 is 2.18 bits per heavy atom. The number of ether oxygens (including phenoxy) is 1. The summed E-state index contributed by atoms with van der Waals surface area (Å²) >= 11 is 0. The molecule has 0 heterocycles. The Morgan fingerprint density at radius 2 is 1.71 bits per heavy atom. The summed E-state index contributed by atoms with van der Waals surface area (Å²) in [6.45, 7) is 13.1. The smallest absolute Gasteiger partial charge is 0.0625 e.